The summed E-state index contributed by atoms with van der Waals surface area (Å²) >= 11 is 0. The number of hydrogen-bond acceptors (Lipinski definition) is 2. The molecule has 4 nitrogen and oxygen atoms in total. The van der Waals surface area contributed by atoms with Crippen molar-refractivity contribution in [3.63, 3.8) is 0 Å². The highest BCUT2D eigenvalue weighted by atomic mass is 16.4. The third-order valence-electron chi connectivity index (χ3n) is 6.50. The number of carboxylic acid groups (broad SMARTS) is 2. The van der Waals surface area contributed by atoms with Gasteiger partial charge in [0.1, 0.15) is 0 Å². The summed E-state index contributed by atoms with van der Waals surface area (Å²) in [6.45, 7) is 4.41. The molecule has 2 N–H and O–H groups in total. The lowest BCUT2D eigenvalue weighted by atomic mass is 10.1. The molecule has 0 aliphatic carbocycles. The van der Waals surface area contributed by atoms with Crippen LogP contribution in [-0.2, 0) is 9.59 Å². The maximum Gasteiger partial charge on any atom is 0.328 e. The Morgan fingerprint density at radius 1 is 0.500 bits per heavy atom. The summed E-state index contributed by atoms with van der Waals surface area (Å²) in [7, 11) is 0. The minimum atomic E-state index is -0.885. The zero-order chi connectivity index (χ0) is 29.8. The SMILES string of the molecule is CC/C=C\C/C=C\C/C=C\CCCCCCCC(=O)O.CCCCCCCCCCCCC/C=C/C=C/C(=O)O. The van der Waals surface area contributed by atoms with E-state index in [1.807, 2.05) is 12.2 Å². The molecular formula is C36H62O4. The zero-order valence-corrected chi connectivity index (χ0v) is 26.0. The summed E-state index contributed by atoms with van der Waals surface area (Å²) in [5, 5.41) is 16.9. The van der Waals surface area contributed by atoms with Gasteiger partial charge in [-0.15, -0.1) is 0 Å². The van der Waals surface area contributed by atoms with Crippen LogP contribution in [0.25, 0.3) is 0 Å². The highest BCUT2D eigenvalue weighted by Gasteiger charge is 1.96. The van der Waals surface area contributed by atoms with E-state index in [2.05, 4.69) is 50.3 Å². The van der Waals surface area contributed by atoms with E-state index in [1.54, 1.807) is 6.08 Å². The van der Waals surface area contributed by atoms with Gasteiger partial charge in [0.25, 0.3) is 0 Å². The van der Waals surface area contributed by atoms with Gasteiger partial charge in [-0.2, -0.15) is 0 Å². The maximum atomic E-state index is 10.3. The maximum absolute atomic E-state index is 10.3. The highest BCUT2D eigenvalue weighted by molar-refractivity contribution is 5.80. The quantitative estimate of drug-likeness (QED) is 0.0455. The molecule has 0 aromatic heterocycles. The van der Waals surface area contributed by atoms with E-state index in [-0.39, 0.29) is 0 Å². The van der Waals surface area contributed by atoms with E-state index >= 15 is 0 Å². The minimum Gasteiger partial charge on any atom is -0.481 e. The Bertz CT molecular complexity index is 685. The van der Waals surface area contributed by atoms with Gasteiger partial charge in [-0.1, -0.05) is 152 Å². The lowest BCUT2D eigenvalue weighted by Crippen LogP contribution is -1.93. The summed E-state index contributed by atoms with van der Waals surface area (Å²) in [4.78, 5) is 20.5. The van der Waals surface area contributed by atoms with Crippen molar-refractivity contribution in [3.8, 4) is 0 Å². The Morgan fingerprint density at radius 3 is 1.45 bits per heavy atom. The van der Waals surface area contributed by atoms with E-state index in [0.29, 0.717) is 6.42 Å². The Hall–Kier alpha value is -2.36. The van der Waals surface area contributed by atoms with Crippen molar-refractivity contribution >= 4 is 11.9 Å². The lowest BCUT2D eigenvalue weighted by molar-refractivity contribution is -0.137. The van der Waals surface area contributed by atoms with Gasteiger partial charge in [0.15, 0.2) is 0 Å². The van der Waals surface area contributed by atoms with Gasteiger partial charge in [-0.05, 0) is 51.4 Å². The van der Waals surface area contributed by atoms with Crippen LogP contribution in [0.2, 0.25) is 0 Å². The molecule has 40 heavy (non-hydrogen) atoms. The fourth-order valence-electron chi connectivity index (χ4n) is 4.13. The molecule has 0 spiro atoms. The first-order valence-corrected chi connectivity index (χ1v) is 16.3. The van der Waals surface area contributed by atoms with E-state index in [9.17, 15) is 9.59 Å². The second kappa shape index (κ2) is 36.6. The van der Waals surface area contributed by atoms with Gasteiger partial charge in [0.05, 0.1) is 0 Å². The molecule has 0 aromatic carbocycles. The lowest BCUT2D eigenvalue weighted by Gasteiger charge is -2.01. The van der Waals surface area contributed by atoms with Crippen LogP contribution >= 0.6 is 0 Å². The fourth-order valence-corrected chi connectivity index (χ4v) is 4.13. The molecule has 0 saturated carbocycles. The first-order chi connectivity index (χ1) is 19.5. The van der Waals surface area contributed by atoms with Crippen molar-refractivity contribution in [1.29, 1.82) is 0 Å². The largest absolute Gasteiger partial charge is 0.481 e. The second-order valence-corrected chi connectivity index (χ2v) is 10.4. The van der Waals surface area contributed by atoms with E-state index in [1.165, 1.54) is 83.5 Å². The molecule has 0 unspecified atom stereocenters. The second-order valence-electron chi connectivity index (χ2n) is 10.4. The molecule has 0 fully saturated rings. The van der Waals surface area contributed by atoms with Gasteiger partial charge >= 0.3 is 11.9 Å². The molecule has 4 heteroatoms. The van der Waals surface area contributed by atoms with Crippen molar-refractivity contribution < 1.29 is 19.8 Å². The fraction of sp³-hybridized carbons (Fsp3) is 0.667. The van der Waals surface area contributed by atoms with Crippen molar-refractivity contribution in [1.82, 2.24) is 0 Å². The molecule has 0 amide bonds. The molecule has 0 heterocycles. The monoisotopic (exact) mass is 558 g/mol. The number of unbranched alkanes of at least 4 members (excludes halogenated alkanes) is 16. The number of rotatable bonds is 27. The van der Waals surface area contributed by atoms with Gasteiger partial charge in [0.2, 0.25) is 0 Å². The summed E-state index contributed by atoms with van der Waals surface area (Å²) < 4.78 is 0. The van der Waals surface area contributed by atoms with Gasteiger partial charge in [-0.3, -0.25) is 4.79 Å². The van der Waals surface area contributed by atoms with Crippen molar-refractivity contribution in [2.45, 2.75) is 155 Å². The van der Waals surface area contributed by atoms with Crippen molar-refractivity contribution in [3.05, 3.63) is 60.8 Å². The van der Waals surface area contributed by atoms with E-state index in [0.717, 1.165) is 57.4 Å². The summed E-state index contributed by atoms with van der Waals surface area (Å²) in [6, 6.07) is 0. The first-order valence-electron chi connectivity index (χ1n) is 16.3. The number of carbonyl (C=O) groups is 2. The third kappa shape index (κ3) is 42.7. The number of aliphatic carboxylic acids is 2. The Morgan fingerprint density at radius 2 is 0.950 bits per heavy atom. The van der Waals surface area contributed by atoms with Crippen LogP contribution in [-0.4, -0.2) is 22.2 Å². The summed E-state index contributed by atoms with van der Waals surface area (Å²) in [5.41, 5.74) is 0. The van der Waals surface area contributed by atoms with Crippen LogP contribution < -0.4 is 0 Å². The van der Waals surface area contributed by atoms with Crippen molar-refractivity contribution in [2.24, 2.45) is 0 Å². The van der Waals surface area contributed by atoms with Crippen LogP contribution in [0.5, 0.6) is 0 Å². The average molecular weight is 559 g/mol. The average Bonchev–Trinajstić information content (AvgIpc) is 2.93. The Balaban J connectivity index is 0. The molecule has 0 rings (SSSR count). The molecule has 0 radical (unpaired) electrons. The van der Waals surface area contributed by atoms with Crippen LogP contribution in [0.4, 0.5) is 0 Å². The molecule has 0 saturated heterocycles. The normalized spacial score (nSPS) is 11.8. The van der Waals surface area contributed by atoms with Crippen LogP contribution in [0.1, 0.15) is 155 Å². The van der Waals surface area contributed by atoms with E-state index in [4.69, 9.17) is 10.2 Å². The summed E-state index contributed by atoms with van der Waals surface area (Å²) in [6.07, 6.45) is 46.1. The molecule has 230 valence electrons. The predicted octanol–water partition coefficient (Wildman–Crippen LogP) is 11.5. The highest BCUT2D eigenvalue weighted by Crippen LogP contribution is 2.12. The number of allylic oxidation sites excluding steroid dienone is 9. The summed E-state index contributed by atoms with van der Waals surface area (Å²) in [5.74, 6) is -1.56. The van der Waals surface area contributed by atoms with Gasteiger partial charge in [0, 0.05) is 12.5 Å². The third-order valence-corrected chi connectivity index (χ3v) is 6.50. The molecule has 0 aromatic rings. The predicted molar refractivity (Wildman–Crippen MR) is 174 cm³/mol. The van der Waals surface area contributed by atoms with Gasteiger partial charge in [-0.25, -0.2) is 4.79 Å². The van der Waals surface area contributed by atoms with Crippen molar-refractivity contribution in [2.75, 3.05) is 0 Å². The van der Waals surface area contributed by atoms with E-state index < -0.39 is 11.9 Å². The van der Waals surface area contributed by atoms with Crippen LogP contribution in [0.15, 0.2) is 60.8 Å². The topological polar surface area (TPSA) is 74.6 Å². The van der Waals surface area contributed by atoms with Crippen LogP contribution in [0, 0.1) is 0 Å². The smallest absolute Gasteiger partial charge is 0.328 e. The number of hydrogen-bond donors (Lipinski definition) is 2. The zero-order valence-electron chi connectivity index (χ0n) is 26.0. The minimum absolute atomic E-state index is 0.319. The molecule has 0 atom stereocenters. The molecule has 0 aliphatic heterocycles. The standard InChI is InChI=1S/C18H32O2.C18H30O2/c2*1-2-3-4-5-6-7-8-9-10-11-12-13-14-15-16-17-18(19)20/h14-17H,2-13H2,1H3,(H,19,20);3-4,6-7,9-10H,2,5,8,11-17H2,1H3,(H,19,20)/b15-14+,17-16+;4-3-,7-6-,10-9-. The molecular weight excluding hydrogens is 496 g/mol. The van der Waals surface area contributed by atoms with Crippen LogP contribution in [0.3, 0.4) is 0 Å². The number of carboxylic acids is 2. The van der Waals surface area contributed by atoms with Gasteiger partial charge < -0.3 is 10.2 Å². The Kier molecular flexibility index (Phi) is 36.4. The molecule has 0 bridgehead atoms. The first kappa shape index (κ1) is 39.8. The molecule has 0 aliphatic rings. The Labute approximate surface area is 247 Å².